The van der Waals surface area contributed by atoms with Gasteiger partial charge in [0.25, 0.3) is 0 Å². The minimum absolute atomic E-state index is 0.237. The number of carbonyl (C=O) groups excluding carboxylic acids is 1. The molecule has 1 unspecified atom stereocenters. The van der Waals surface area contributed by atoms with E-state index < -0.39 is 0 Å². The van der Waals surface area contributed by atoms with Crippen LogP contribution in [-0.4, -0.2) is 42.9 Å². The maximum Gasteiger partial charge on any atom is 0.222 e. The molecule has 1 fully saturated rings. The number of nitrogens with zero attached hydrogens (tertiary/aromatic N) is 1. The summed E-state index contributed by atoms with van der Waals surface area (Å²) in [6.45, 7) is 1.36. The van der Waals surface area contributed by atoms with Gasteiger partial charge < -0.3 is 9.64 Å². The fourth-order valence-electron chi connectivity index (χ4n) is 1.36. The van der Waals surface area contributed by atoms with E-state index in [9.17, 15) is 4.79 Å². The molecule has 0 radical (unpaired) electrons. The molecule has 1 atom stereocenters. The van der Waals surface area contributed by atoms with E-state index in [2.05, 4.69) is 15.9 Å². The Morgan fingerprint density at radius 1 is 1.64 bits per heavy atom. The summed E-state index contributed by atoms with van der Waals surface area (Å²) in [6, 6.07) is 0. The molecule has 1 rings (SSSR count). The second-order valence-electron chi connectivity index (χ2n) is 3.97. The van der Waals surface area contributed by atoms with Crippen LogP contribution in [0.25, 0.3) is 0 Å². The molecule has 0 spiro atoms. The molecule has 1 aliphatic carbocycles. The largest absolute Gasteiger partial charge is 0.383 e. The maximum absolute atomic E-state index is 11.6. The quantitative estimate of drug-likeness (QED) is 0.683. The van der Waals surface area contributed by atoms with E-state index in [4.69, 9.17) is 4.74 Å². The maximum atomic E-state index is 11.6. The molecule has 0 aliphatic heterocycles. The van der Waals surface area contributed by atoms with Gasteiger partial charge in [-0.3, -0.25) is 4.79 Å². The Morgan fingerprint density at radius 2 is 2.29 bits per heavy atom. The molecule has 0 aromatic rings. The zero-order valence-electron chi connectivity index (χ0n) is 8.83. The second kappa shape index (κ2) is 5.71. The average Bonchev–Trinajstić information content (AvgIpc) is 2.88. The van der Waals surface area contributed by atoms with Crippen LogP contribution in [0.5, 0.6) is 0 Å². The lowest BCUT2D eigenvalue weighted by atomic mass is 10.2. The molecule has 0 aromatic carbocycles. The zero-order chi connectivity index (χ0) is 10.6. The van der Waals surface area contributed by atoms with Crippen molar-refractivity contribution in [1.82, 2.24) is 4.90 Å². The second-order valence-corrected chi connectivity index (χ2v) is 5.27. The Bertz CT molecular complexity index is 195. The Kier molecular flexibility index (Phi) is 4.89. The summed E-state index contributed by atoms with van der Waals surface area (Å²) in [7, 11) is 3.52. The van der Waals surface area contributed by atoms with Crippen LogP contribution in [-0.2, 0) is 9.53 Å². The van der Waals surface area contributed by atoms with Gasteiger partial charge in [0.2, 0.25) is 5.91 Å². The van der Waals surface area contributed by atoms with Gasteiger partial charge in [-0.1, -0.05) is 15.9 Å². The number of halogens is 1. The molecule has 1 aliphatic rings. The lowest BCUT2D eigenvalue weighted by Gasteiger charge is -2.20. The van der Waals surface area contributed by atoms with E-state index in [-0.39, 0.29) is 10.7 Å². The highest BCUT2D eigenvalue weighted by Gasteiger charge is 2.26. The highest BCUT2D eigenvalue weighted by atomic mass is 79.9. The van der Waals surface area contributed by atoms with Crippen molar-refractivity contribution in [3.63, 3.8) is 0 Å². The molecule has 0 aromatic heterocycles. The molecule has 1 saturated carbocycles. The van der Waals surface area contributed by atoms with E-state index in [0.29, 0.717) is 12.5 Å². The zero-order valence-corrected chi connectivity index (χ0v) is 10.4. The van der Waals surface area contributed by atoms with E-state index in [1.165, 1.54) is 12.8 Å². The predicted molar refractivity (Wildman–Crippen MR) is 59.6 cm³/mol. The summed E-state index contributed by atoms with van der Waals surface area (Å²) in [4.78, 5) is 13.6. The van der Waals surface area contributed by atoms with Crippen LogP contribution in [0.4, 0.5) is 0 Å². The Labute approximate surface area is 93.9 Å². The average molecular weight is 264 g/mol. The van der Waals surface area contributed by atoms with Crippen molar-refractivity contribution in [2.75, 3.05) is 27.3 Å². The normalized spacial score (nSPS) is 17.9. The summed E-state index contributed by atoms with van der Waals surface area (Å²) >= 11 is 3.47. The summed E-state index contributed by atoms with van der Waals surface area (Å²) in [5.41, 5.74) is 0. The van der Waals surface area contributed by atoms with Crippen molar-refractivity contribution in [2.45, 2.75) is 24.1 Å². The number of ether oxygens (including phenoxy) is 1. The molecule has 0 bridgehead atoms. The molecule has 82 valence electrons. The van der Waals surface area contributed by atoms with Crippen molar-refractivity contribution in [2.24, 2.45) is 5.92 Å². The Morgan fingerprint density at radius 3 is 2.79 bits per heavy atom. The van der Waals surface area contributed by atoms with Crippen molar-refractivity contribution in [3.8, 4) is 0 Å². The predicted octanol–water partition coefficient (Wildman–Crippen LogP) is 1.65. The number of methoxy groups -OCH3 is 1. The molecule has 3 nitrogen and oxygen atoms in total. The van der Waals surface area contributed by atoms with Gasteiger partial charge in [0.1, 0.15) is 0 Å². The van der Waals surface area contributed by atoms with E-state index in [0.717, 1.165) is 13.0 Å². The number of rotatable bonds is 6. The van der Waals surface area contributed by atoms with Crippen molar-refractivity contribution >= 4 is 21.8 Å². The lowest BCUT2D eigenvalue weighted by molar-refractivity contribution is -0.130. The van der Waals surface area contributed by atoms with Crippen LogP contribution in [0.15, 0.2) is 0 Å². The molecule has 4 heteroatoms. The number of carbonyl (C=O) groups is 1. The first kappa shape index (κ1) is 12.0. The first-order valence-electron chi connectivity index (χ1n) is 5.00. The van der Waals surface area contributed by atoms with E-state index >= 15 is 0 Å². The van der Waals surface area contributed by atoms with Gasteiger partial charge in [0.15, 0.2) is 0 Å². The lowest BCUT2D eigenvalue weighted by Crippen LogP contribution is -2.33. The van der Waals surface area contributed by atoms with Crippen LogP contribution >= 0.6 is 15.9 Å². The SMILES string of the molecule is COCC(Br)CN(C)C(=O)CC1CC1. The van der Waals surface area contributed by atoms with Crippen molar-refractivity contribution in [3.05, 3.63) is 0 Å². The molecule has 14 heavy (non-hydrogen) atoms. The standard InChI is InChI=1S/C10H18BrNO2/c1-12(6-9(11)7-14-2)10(13)5-8-3-4-8/h8-9H,3-7H2,1-2H3. The fourth-order valence-corrected chi connectivity index (χ4v) is 2.06. The topological polar surface area (TPSA) is 29.5 Å². The first-order valence-corrected chi connectivity index (χ1v) is 5.92. The van der Waals surface area contributed by atoms with E-state index in [1.807, 2.05) is 7.05 Å². The molecular weight excluding hydrogens is 246 g/mol. The summed E-state index contributed by atoms with van der Waals surface area (Å²) < 4.78 is 4.99. The monoisotopic (exact) mass is 263 g/mol. The van der Waals surface area contributed by atoms with Gasteiger partial charge in [-0.2, -0.15) is 0 Å². The number of hydrogen-bond donors (Lipinski definition) is 0. The molecule has 0 heterocycles. The first-order chi connectivity index (χ1) is 6.63. The van der Waals surface area contributed by atoms with Crippen LogP contribution in [0, 0.1) is 5.92 Å². The third-order valence-electron chi connectivity index (χ3n) is 2.41. The van der Waals surface area contributed by atoms with Gasteiger partial charge in [0.05, 0.1) is 11.4 Å². The molecule has 1 amide bonds. The smallest absolute Gasteiger partial charge is 0.222 e. The van der Waals surface area contributed by atoms with Crippen LogP contribution in [0.1, 0.15) is 19.3 Å². The molecule has 0 N–H and O–H groups in total. The van der Waals surface area contributed by atoms with Gasteiger partial charge in [0, 0.05) is 27.1 Å². The summed E-state index contributed by atoms with van der Waals surface area (Å²) in [5.74, 6) is 0.925. The van der Waals surface area contributed by atoms with Crippen molar-refractivity contribution in [1.29, 1.82) is 0 Å². The van der Waals surface area contributed by atoms with Crippen LogP contribution in [0.3, 0.4) is 0 Å². The number of hydrogen-bond acceptors (Lipinski definition) is 2. The van der Waals surface area contributed by atoms with Crippen molar-refractivity contribution < 1.29 is 9.53 Å². The number of alkyl halides is 1. The minimum Gasteiger partial charge on any atom is -0.383 e. The minimum atomic E-state index is 0.237. The Hall–Kier alpha value is -0.0900. The highest BCUT2D eigenvalue weighted by Crippen LogP contribution is 2.32. The van der Waals surface area contributed by atoms with Gasteiger partial charge in [-0.05, 0) is 18.8 Å². The summed E-state index contributed by atoms with van der Waals surface area (Å²) in [5, 5.41) is 0. The van der Waals surface area contributed by atoms with Gasteiger partial charge in [-0.15, -0.1) is 0 Å². The third kappa shape index (κ3) is 4.42. The Balaban J connectivity index is 2.17. The van der Waals surface area contributed by atoms with E-state index in [1.54, 1.807) is 12.0 Å². The third-order valence-corrected chi connectivity index (χ3v) is 2.96. The molecular formula is C10H18BrNO2. The molecule has 0 saturated heterocycles. The van der Waals surface area contributed by atoms with Gasteiger partial charge in [-0.25, -0.2) is 0 Å². The fraction of sp³-hybridized carbons (Fsp3) is 0.900. The summed E-state index contributed by atoms with van der Waals surface area (Å²) in [6.07, 6.45) is 3.19. The van der Waals surface area contributed by atoms with Crippen LogP contribution < -0.4 is 0 Å². The van der Waals surface area contributed by atoms with Gasteiger partial charge >= 0.3 is 0 Å². The van der Waals surface area contributed by atoms with Crippen LogP contribution in [0.2, 0.25) is 0 Å². The number of amides is 1. The highest BCUT2D eigenvalue weighted by molar-refractivity contribution is 9.09.